The summed E-state index contributed by atoms with van der Waals surface area (Å²) in [6, 6.07) is 8.40. The molecule has 0 aromatic heterocycles. The van der Waals surface area contributed by atoms with Gasteiger partial charge in [-0.25, -0.2) is 0 Å². The van der Waals surface area contributed by atoms with Gasteiger partial charge in [-0.05, 0) is 17.3 Å². The molecular formula is C12H19Cl2P. The number of hydrogen-bond donors (Lipinski definition) is 0. The molecule has 0 aliphatic rings. The van der Waals surface area contributed by atoms with Crippen LogP contribution in [0.1, 0.15) is 31.7 Å². The average molecular weight is 265 g/mol. The fourth-order valence-electron chi connectivity index (χ4n) is 1.19. The average Bonchev–Trinajstić information content (AvgIpc) is 2.15. The first kappa shape index (κ1) is 17.4. The molecule has 0 radical (unpaired) electrons. The van der Waals surface area contributed by atoms with Crippen LogP contribution in [0.25, 0.3) is 6.08 Å². The molecule has 86 valence electrons. The van der Waals surface area contributed by atoms with Gasteiger partial charge < -0.3 is 0 Å². The number of hydrogen-bond acceptors (Lipinski definition) is 0. The largest absolute Gasteiger partial charge is 0.147 e. The molecule has 0 spiro atoms. The maximum absolute atomic E-state index is 2.76. The minimum Gasteiger partial charge on any atom is -0.147 e. The van der Waals surface area contributed by atoms with Gasteiger partial charge in [0.25, 0.3) is 0 Å². The van der Waals surface area contributed by atoms with E-state index < -0.39 is 0 Å². The number of rotatable bonds is 4. The summed E-state index contributed by atoms with van der Waals surface area (Å²) in [5.41, 5.74) is 1.31. The van der Waals surface area contributed by atoms with Crippen LogP contribution in [-0.2, 0) is 0 Å². The van der Waals surface area contributed by atoms with E-state index >= 15 is 0 Å². The minimum atomic E-state index is 0. The zero-order valence-electron chi connectivity index (χ0n) is 8.98. The van der Waals surface area contributed by atoms with E-state index in [4.69, 9.17) is 0 Å². The van der Waals surface area contributed by atoms with Crippen molar-refractivity contribution in [1.82, 2.24) is 0 Å². The third-order valence-electron chi connectivity index (χ3n) is 2.02. The molecular weight excluding hydrogens is 246 g/mol. The van der Waals surface area contributed by atoms with Crippen molar-refractivity contribution in [1.29, 1.82) is 0 Å². The van der Waals surface area contributed by atoms with Crippen LogP contribution in [0.4, 0.5) is 0 Å². The van der Waals surface area contributed by atoms with E-state index in [2.05, 4.69) is 52.6 Å². The lowest BCUT2D eigenvalue weighted by Crippen LogP contribution is -1.93. The molecule has 0 bridgehead atoms. The van der Waals surface area contributed by atoms with Crippen molar-refractivity contribution >= 4 is 45.4 Å². The highest BCUT2D eigenvalue weighted by Crippen LogP contribution is 2.05. The Morgan fingerprint density at radius 1 is 1.20 bits per heavy atom. The van der Waals surface area contributed by atoms with E-state index in [1.54, 1.807) is 0 Å². The van der Waals surface area contributed by atoms with Crippen molar-refractivity contribution in [2.24, 2.45) is 0 Å². The lowest BCUT2D eigenvalue weighted by molar-refractivity contribution is 0.816. The Hall–Kier alpha value is -0.0300. The van der Waals surface area contributed by atoms with Gasteiger partial charge >= 0.3 is 0 Å². The first-order chi connectivity index (χ1) is 6.34. The van der Waals surface area contributed by atoms with E-state index in [0.29, 0.717) is 0 Å². The summed E-state index contributed by atoms with van der Waals surface area (Å²) in [6.45, 7) is 2.22. The molecule has 0 amide bonds. The zero-order chi connectivity index (χ0) is 9.52. The fourth-order valence-corrected chi connectivity index (χ4v) is 1.50. The summed E-state index contributed by atoms with van der Waals surface area (Å²) in [5.74, 6) is 0. The highest BCUT2D eigenvalue weighted by Gasteiger charge is 1.89. The Morgan fingerprint density at radius 3 is 2.47 bits per heavy atom. The summed E-state index contributed by atoms with van der Waals surface area (Å²) in [5, 5.41) is 1.27. The third-order valence-corrected chi connectivity index (χ3v) is 2.54. The second-order valence-electron chi connectivity index (χ2n) is 3.17. The maximum atomic E-state index is 2.76. The molecule has 0 fully saturated rings. The molecule has 1 aromatic rings. The lowest BCUT2D eigenvalue weighted by Gasteiger charge is -1.97. The molecule has 0 aliphatic carbocycles. The molecule has 0 nitrogen and oxygen atoms in total. The van der Waals surface area contributed by atoms with Crippen LogP contribution >= 0.6 is 34.1 Å². The summed E-state index contributed by atoms with van der Waals surface area (Å²) < 4.78 is 0. The first-order valence-electron chi connectivity index (χ1n) is 4.85. The number of unbranched alkanes of at least 4 members (excludes halogenated alkanes) is 2. The van der Waals surface area contributed by atoms with Crippen molar-refractivity contribution in [2.75, 3.05) is 0 Å². The Labute approximate surface area is 108 Å². The van der Waals surface area contributed by atoms with Gasteiger partial charge in [-0.1, -0.05) is 56.2 Å². The van der Waals surface area contributed by atoms with Gasteiger partial charge in [0.2, 0.25) is 0 Å². The summed E-state index contributed by atoms with van der Waals surface area (Å²) in [6.07, 6.45) is 8.21. The van der Waals surface area contributed by atoms with Crippen molar-refractivity contribution in [3.63, 3.8) is 0 Å². The van der Waals surface area contributed by atoms with Crippen LogP contribution in [0.3, 0.4) is 0 Å². The highest BCUT2D eigenvalue weighted by molar-refractivity contribution is 7.27. The first-order valence-corrected chi connectivity index (χ1v) is 5.43. The quantitative estimate of drug-likeness (QED) is 0.564. The van der Waals surface area contributed by atoms with Crippen LogP contribution in [0.2, 0.25) is 0 Å². The molecule has 1 atom stereocenters. The van der Waals surface area contributed by atoms with Gasteiger partial charge in [-0.2, -0.15) is 0 Å². The summed E-state index contributed by atoms with van der Waals surface area (Å²) in [7, 11) is 2.76. The van der Waals surface area contributed by atoms with Gasteiger partial charge in [0.15, 0.2) is 0 Å². The van der Waals surface area contributed by atoms with Gasteiger partial charge in [0, 0.05) is 0 Å². The molecule has 15 heavy (non-hydrogen) atoms. The Kier molecular flexibility index (Phi) is 12.1. The van der Waals surface area contributed by atoms with Crippen molar-refractivity contribution in [3.8, 4) is 0 Å². The van der Waals surface area contributed by atoms with Crippen LogP contribution < -0.4 is 5.30 Å². The van der Waals surface area contributed by atoms with E-state index in [9.17, 15) is 0 Å². The van der Waals surface area contributed by atoms with Crippen LogP contribution in [0.5, 0.6) is 0 Å². The molecule has 1 aromatic carbocycles. The maximum Gasteiger partial charge on any atom is -0.0188 e. The number of allylic oxidation sites excluding steroid dienone is 1. The second kappa shape index (κ2) is 10.5. The van der Waals surface area contributed by atoms with Gasteiger partial charge in [-0.3, -0.25) is 0 Å². The summed E-state index contributed by atoms with van der Waals surface area (Å²) >= 11 is 0. The van der Waals surface area contributed by atoms with Crippen LogP contribution in [0.15, 0.2) is 30.3 Å². The molecule has 1 unspecified atom stereocenters. The smallest absolute Gasteiger partial charge is 0.0188 e. The summed E-state index contributed by atoms with van der Waals surface area (Å²) in [4.78, 5) is 0. The Morgan fingerprint density at radius 2 is 1.87 bits per heavy atom. The van der Waals surface area contributed by atoms with E-state index in [1.165, 1.54) is 30.1 Å². The molecule has 3 heteroatoms. The normalized spacial score (nSPS) is 9.47. The SMILES string of the molecule is CCCCC=Cc1ccccc1P.Cl.Cl. The molecule has 0 N–H and O–H groups in total. The van der Waals surface area contributed by atoms with E-state index in [1.807, 2.05) is 0 Å². The molecule has 0 saturated heterocycles. The fraction of sp³-hybridized carbons (Fsp3) is 0.333. The third kappa shape index (κ3) is 6.95. The van der Waals surface area contributed by atoms with E-state index in [-0.39, 0.29) is 24.8 Å². The predicted molar refractivity (Wildman–Crippen MR) is 78.8 cm³/mol. The van der Waals surface area contributed by atoms with Crippen LogP contribution in [0, 0.1) is 0 Å². The van der Waals surface area contributed by atoms with Crippen LogP contribution in [-0.4, -0.2) is 0 Å². The van der Waals surface area contributed by atoms with Gasteiger partial charge in [-0.15, -0.1) is 34.1 Å². The lowest BCUT2D eigenvalue weighted by atomic mass is 10.2. The number of benzene rings is 1. The standard InChI is InChI=1S/C12H17P.2ClH/c1-2-3-4-5-8-11-9-6-7-10-12(11)13;;/h5-10H,2-4,13H2,1H3;2*1H. The minimum absolute atomic E-state index is 0. The number of halogens is 2. The Bertz CT molecular complexity index is 285. The van der Waals surface area contributed by atoms with Gasteiger partial charge in [0.05, 0.1) is 0 Å². The van der Waals surface area contributed by atoms with Crippen molar-refractivity contribution in [2.45, 2.75) is 26.2 Å². The van der Waals surface area contributed by atoms with E-state index in [0.717, 1.165) is 0 Å². The van der Waals surface area contributed by atoms with Crippen molar-refractivity contribution in [3.05, 3.63) is 35.9 Å². The molecule has 0 heterocycles. The molecule has 0 aliphatic heterocycles. The second-order valence-corrected chi connectivity index (χ2v) is 3.80. The molecule has 1 rings (SSSR count). The zero-order valence-corrected chi connectivity index (χ0v) is 11.8. The highest BCUT2D eigenvalue weighted by atomic mass is 35.5. The topological polar surface area (TPSA) is 0 Å². The van der Waals surface area contributed by atoms with Gasteiger partial charge in [0.1, 0.15) is 0 Å². The monoisotopic (exact) mass is 264 g/mol. The Balaban J connectivity index is 0. The molecule has 0 saturated carbocycles. The predicted octanol–water partition coefficient (Wildman–Crippen LogP) is 4.23. The van der Waals surface area contributed by atoms with Crippen molar-refractivity contribution < 1.29 is 0 Å².